The van der Waals surface area contributed by atoms with E-state index in [9.17, 15) is 0 Å². The Kier molecular flexibility index (Phi) is 4.50. The van der Waals surface area contributed by atoms with Crippen LogP contribution in [0.1, 0.15) is 17.9 Å². The third kappa shape index (κ3) is 2.97. The van der Waals surface area contributed by atoms with Crippen molar-refractivity contribution in [3.8, 4) is 5.69 Å². The Balaban J connectivity index is 2.12. The minimum Gasteiger partial charge on any atom is -0.396 e. The molecule has 2 aromatic rings. The third-order valence-corrected chi connectivity index (χ3v) is 2.84. The fraction of sp³-hybridized carbons (Fsp3) is 0.357. The number of aliphatic hydroxyl groups excluding tert-OH is 1. The average Bonchev–Trinajstić information content (AvgIpc) is 2.77. The second-order valence-electron chi connectivity index (χ2n) is 4.22. The zero-order valence-corrected chi connectivity index (χ0v) is 10.6. The first kappa shape index (κ1) is 12.8. The summed E-state index contributed by atoms with van der Waals surface area (Å²) in [6.07, 6.45) is 2.67. The Morgan fingerprint density at radius 3 is 2.78 bits per heavy atom. The second kappa shape index (κ2) is 6.33. The molecule has 2 N–H and O–H groups in total. The summed E-state index contributed by atoms with van der Waals surface area (Å²) < 4.78 is 2.14. The molecular formula is C14H19N3O. The third-order valence-electron chi connectivity index (χ3n) is 2.84. The zero-order chi connectivity index (χ0) is 12.8. The van der Waals surface area contributed by atoms with Crippen LogP contribution in [0.25, 0.3) is 5.69 Å². The van der Waals surface area contributed by atoms with E-state index in [4.69, 9.17) is 5.11 Å². The number of aromatic nitrogens is 2. The van der Waals surface area contributed by atoms with Gasteiger partial charge in [0.2, 0.25) is 0 Å². The fourth-order valence-electron chi connectivity index (χ4n) is 1.97. The summed E-state index contributed by atoms with van der Waals surface area (Å²) in [6, 6.07) is 10.2. The molecule has 0 fully saturated rings. The highest BCUT2D eigenvalue weighted by atomic mass is 16.3. The molecule has 1 aromatic carbocycles. The van der Waals surface area contributed by atoms with Crippen LogP contribution >= 0.6 is 0 Å². The summed E-state index contributed by atoms with van der Waals surface area (Å²) in [7, 11) is 0. The molecule has 0 aliphatic heterocycles. The van der Waals surface area contributed by atoms with Gasteiger partial charge in [-0.15, -0.1) is 0 Å². The van der Waals surface area contributed by atoms with Gasteiger partial charge in [0.15, 0.2) is 0 Å². The van der Waals surface area contributed by atoms with Crippen LogP contribution in [0.3, 0.4) is 0 Å². The molecule has 0 spiro atoms. The molecule has 0 bridgehead atoms. The topological polar surface area (TPSA) is 50.1 Å². The van der Waals surface area contributed by atoms with Gasteiger partial charge in [-0.3, -0.25) is 4.57 Å². The molecule has 2 rings (SSSR count). The van der Waals surface area contributed by atoms with Gasteiger partial charge >= 0.3 is 0 Å². The molecule has 0 amide bonds. The van der Waals surface area contributed by atoms with Crippen LogP contribution in [0.4, 0.5) is 0 Å². The largest absolute Gasteiger partial charge is 0.396 e. The molecule has 0 saturated carbocycles. The van der Waals surface area contributed by atoms with Gasteiger partial charge in [0.1, 0.15) is 5.82 Å². The van der Waals surface area contributed by atoms with E-state index in [-0.39, 0.29) is 6.61 Å². The maximum Gasteiger partial charge on any atom is 0.110 e. The molecule has 0 radical (unpaired) electrons. The number of rotatable bonds is 6. The molecule has 96 valence electrons. The summed E-state index contributed by atoms with van der Waals surface area (Å²) in [6.45, 7) is 3.81. The molecule has 0 unspecified atom stereocenters. The number of imidazole rings is 1. The van der Waals surface area contributed by atoms with E-state index in [1.165, 1.54) is 0 Å². The van der Waals surface area contributed by atoms with Crippen LogP contribution in [0.15, 0.2) is 36.5 Å². The lowest BCUT2D eigenvalue weighted by Crippen LogP contribution is -2.18. The van der Waals surface area contributed by atoms with Crippen molar-refractivity contribution < 1.29 is 5.11 Å². The Labute approximate surface area is 107 Å². The van der Waals surface area contributed by atoms with E-state index >= 15 is 0 Å². The zero-order valence-electron chi connectivity index (χ0n) is 10.6. The Morgan fingerprint density at radius 1 is 1.28 bits per heavy atom. The predicted molar refractivity (Wildman–Crippen MR) is 71.7 cm³/mol. The summed E-state index contributed by atoms with van der Waals surface area (Å²) in [5.74, 6) is 0.986. The summed E-state index contributed by atoms with van der Waals surface area (Å²) in [4.78, 5) is 4.37. The fourth-order valence-corrected chi connectivity index (χ4v) is 1.97. The van der Waals surface area contributed by atoms with E-state index in [2.05, 4.69) is 27.0 Å². The summed E-state index contributed by atoms with van der Waals surface area (Å²) in [5, 5.41) is 12.0. The van der Waals surface area contributed by atoms with E-state index in [0.29, 0.717) is 0 Å². The normalized spacial score (nSPS) is 10.8. The first-order chi connectivity index (χ1) is 8.83. The highest BCUT2D eigenvalue weighted by Crippen LogP contribution is 2.14. The minimum absolute atomic E-state index is 0.226. The first-order valence-corrected chi connectivity index (χ1v) is 6.23. The van der Waals surface area contributed by atoms with Gasteiger partial charge < -0.3 is 10.4 Å². The van der Waals surface area contributed by atoms with Gasteiger partial charge in [0, 0.05) is 18.8 Å². The van der Waals surface area contributed by atoms with Crippen LogP contribution in [0.2, 0.25) is 0 Å². The number of para-hydroxylation sites is 1. The molecule has 4 heteroatoms. The lowest BCUT2D eigenvalue weighted by Gasteiger charge is -2.10. The number of hydrogen-bond acceptors (Lipinski definition) is 3. The summed E-state index contributed by atoms with van der Waals surface area (Å²) >= 11 is 0. The average molecular weight is 245 g/mol. The Morgan fingerprint density at radius 2 is 2.06 bits per heavy atom. The smallest absolute Gasteiger partial charge is 0.110 e. The first-order valence-electron chi connectivity index (χ1n) is 6.23. The van der Waals surface area contributed by atoms with E-state index in [0.717, 1.165) is 36.7 Å². The monoisotopic (exact) mass is 245 g/mol. The van der Waals surface area contributed by atoms with Crippen LogP contribution < -0.4 is 5.32 Å². The van der Waals surface area contributed by atoms with E-state index < -0.39 is 0 Å². The standard InChI is InChI=1S/C14H19N3O/c1-12-16-11-14(10-15-8-5-9-18)17(12)13-6-3-2-4-7-13/h2-4,6-7,11,15,18H,5,8-10H2,1H3. The van der Waals surface area contributed by atoms with Crippen molar-refractivity contribution in [2.45, 2.75) is 19.9 Å². The Bertz CT molecular complexity index is 479. The number of aryl methyl sites for hydroxylation is 1. The molecule has 0 aliphatic carbocycles. The van der Waals surface area contributed by atoms with Gasteiger partial charge in [-0.25, -0.2) is 4.98 Å². The number of nitrogens with zero attached hydrogens (tertiary/aromatic N) is 2. The number of benzene rings is 1. The van der Waals surface area contributed by atoms with Crippen molar-refractivity contribution in [3.63, 3.8) is 0 Å². The van der Waals surface area contributed by atoms with E-state index in [1.807, 2.05) is 31.3 Å². The SMILES string of the molecule is Cc1ncc(CNCCCO)n1-c1ccccc1. The van der Waals surface area contributed by atoms with Crippen LogP contribution in [-0.4, -0.2) is 27.8 Å². The van der Waals surface area contributed by atoms with E-state index in [1.54, 1.807) is 0 Å². The summed E-state index contributed by atoms with van der Waals surface area (Å²) in [5.41, 5.74) is 2.27. The van der Waals surface area contributed by atoms with Gasteiger partial charge in [-0.2, -0.15) is 0 Å². The van der Waals surface area contributed by atoms with Gasteiger partial charge in [-0.05, 0) is 32.0 Å². The molecule has 1 heterocycles. The van der Waals surface area contributed by atoms with Crippen LogP contribution in [0.5, 0.6) is 0 Å². The Hall–Kier alpha value is -1.65. The van der Waals surface area contributed by atoms with Crippen molar-refractivity contribution >= 4 is 0 Å². The molecule has 4 nitrogen and oxygen atoms in total. The van der Waals surface area contributed by atoms with Crippen LogP contribution in [0, 0.1) is 6.92 Å². The maximum absolute atomic E-state index is 8.74. The highest BCUT2D eigenvalue weighted by Gasteiger charge is 2.07. The number of aliphatic hydroxyl groups is 1. The van der Waals surface area contributed by atoms with Crippen molar-refractivity contribution in [1.82, 2.24) is 14.9 Å². The van der Waals surface area contributed by atoms with Gasteiger partial charge in [0.05, 0.1) is 11.9 Å². The number of nitrogens with one attached hydrogen (secondary N) is 1. The quantitative estimate of drug-likeness (QED) is 0.761. The molecule has 0 aliphatic rings. The molecule has 1 aromatic heterocycles. The molecule has 0 saturated heterocycles. The lowest BCUT2D eigenvalue weighted by atomic mass is 10.3. The molecule has 18 heavy (non-hydrogen) atoms. The number of hydrogen-bond donors (Lipinski definition) is 2. The van der Waals surface area contributed by atoms with Gasteiger partial charge in [-0.1, -0.05) is 18.2 Å². The van der Waals surface area contributed by atoms with Gasteiger partial charge in [0.25, 0.3) is 0 Å². The highest BCUT2D eigenvalue weighted by molar-refractivity contribution is 5.35. The molecule has 0 atom stereocenters. The predicted octanol–water partition coefficient (Wildman–Crippen LogP) is 1.65. The van der Waals surface area contributed by atoms with Crippen molar-refractivity contribution in [2.24, 2.45) is 0 Å². The minimum atomic E-state index is 0.226. The van der Waals surface area contributed by atoms with Crippen molar-refractivity contribution in [3.05, 3.63) is 48.0 Å². The van der Waals surface area contributed by atoms with Crippen LogP contribution in [-0.2, 0) is 6.54 Å². The maximum atomic E-state index is 8.74. The van der Waals surface area contributed by atoms with Crippen molar-refractivity contribution in [1.29, 1.82) is 0 Å². The molecular weight excluding hydrogens is 226 g/mol. The second-order valence-corrected chi connectivity index (χ2v) is 4.22. The van der Waals surface area contributed by atoms with Crippen molar-refractivity contribution in [2.75, 3.05) is 13.2 Å². The lowest BCUT2D eigenvalue weighted by molar-refractivity contribution is 0.286.